The molecule has 1 saturated carbocycles. The van der Waals surface area contributed by atoms with Gasteiger partial charge in [0.2, 0.25) is 11.8 Å². The van der Waals surface area contributed by atoms with E-state index in [0.717, 1.165) is 38.5 Å². The molecule has 5 nitrogen and oxygen atoms in total. The molecule has 1 saturated heterocycles. The van der Waals surface area contributed by atoms with E-state index < -0.39 is 0 Å². The number of nitrogens with zero attached hydrogens (tertiary/aromatic N) is 2. The van der Waals surface area contributed by atoms with Crippen molar-refractivity contribution in [3.8, 4) is 12.3 Å². The molecule has 22 heavy (non-hydrogen) atoms. The quantitative estimate of drug-likeness (QED) is 0.740. The summed E-state index contributed by atoms with van der Waals surface area (Å²) >= 11 is 0. The van der Waals surface area contributed by atoms with Gasteiger partial charge >= 0.3 is 0 Å². The first-order chi connectivity index (χ1) is 10.7. The minimum atomic E-state index is -0.0426. The van der Waals surface area contributed by atoms with Crippen LogP contribution in [0.4, 0.5) is 0 Å². The van der Waals surface area contributed by atoms with Gasteiger partial charge in [0, 0.05) is 32.6 Å². The molecule has 1 N–H and O–H groups in total. The SMILES string of the molecule is C#CCNC(=O)CN1CCN(C(=O)CCC2CCCC2)CC1. The molecule has 5 heteroatoms. The van der Waals surface area contributed by atoms with Gasteiger partial charge in [-0.25, -0.2) is 0 Å². The first kappa shape index (κ1) is 16.8. The van der Waals surface area contributed by atoms with E-state index in [2.05, 4.69) is 16.1 Å². The van der Waals surface area contributed by atoms with Crippen LogP contribution in [-0.4, -0.2) is 60.9 Å². The second kappa shape index (κ2) is 8.79. The summed E-state index contributed by atoms with van der Waals surface area (Å²) in [6.45, 7) is 3.62. The molecule has 0 aromatic rings. The zero-order valence-corrected chi connectivity index (χ0v) is 13.4. The third kappa shape index (κ3) is 5.34. The Morgan fingerprint density at radius 1 is 1.14 bits per heavy atom. The molecule has 0 aromatic heterocycles. The smallest absolute Gasteiger partial charge is 0.234 e. The molecule has 2 aliphatic rings. The summed E-state index contributed by atoms with van der Waals surface area (Å²) in [5.41, 5.74) is 0. The van der Waals surface area contributed by atoms with Crippen LogP contribution in [0.1, 0.15) is 38.5 Å². The molecule has 1 heterocycles. The number of carbonyl (C=O) groups is 2. The van der Waals surface area contributed by atoms with Gasteiger partial charge in [-0.15, -0.1) is 6.42 Å². The molecule has 0 bridgehead atoms. The van der Waals surface area contributed by atoms with Crippen LogP contribution in [0.15, 0.2) is 0 Å². The Kier molecular flexibility index (Phi) is 6.73. The van der Waals surface area contributed by atoms with Gasteiger partial charge in [0.1, 0.15) is 0 Å². The number of amides is 2. The van der Waals surface area contributed by atoms with E-state index in [0.29, 0.717) is 13.0 Å². The fraction of sp³-hybridized carbons (Fsp3) is 0.765. The van der Waals surface area contributed by atoms with Gasteiger partial charge in [0.25, 0.3) is 0 Å². The maximum Gasteiger partial charge on any atom is 0.234 e. The predicted octanol–water partition coefficient (Wildman–Crippen LogP) is 0.850. The van der Waals surface area contributed by atoms with E-state index in [4.69, 9.17) is 6.42 Å². The lowest BCUT2D eigenvalue weighted by Crippen LogP contribution is -2.51. The Morgan fingerprint density at radius 3 is 2.45 bits per heavy atom. The Balaban J connectivity index is 1.62. The summed E-state index contributed by atoms with van der Waals surface area (Å²) in [5.74, 6) is 3.40. The first-order valence-corrected chi connectivity index (χ1v) is 8.39. The number of nitrogens with one attached hydrogen (secondary N) is 1. The molecule has 2 amide bonds. The zero-order chi connectivity index (χ0) is 15.8. The summed E-state index contributed by atoms with van der Waals surface area (Å²) in [4.78, 5) is 27.9. The van der Waals surface area contributed by atoms with E-state index >= 15 is 0 Å². The van der Waals surface area contributed by atoms with E-state index in [1.54, 1.807) is 0 Å². The average molecular weight is 305 g/mol. The summed E-state index contributed by atoms with van der Waals surface area (Å²) in [7, 11) is 0. The van der Waals surface area contributed by atoms with Crippen molar-refractivity contribution >= 4 is 11.8 Å². The summed E-state index contributed by atoms with van der Waals surface area (Å²) in [6.07, 6.45) is 12.1. The molecule has 122 valence electrons. The van der Waals surface area contributed by atoms with Gasteiger partial charge in [0.15, 0.2) is 0 Å². The normalized spacial score (nSPS) is 19.9. The first-order valence-electron chi connectivity index (χ1n) is 8.39. The number of carbonyl (C=O) groups excluding carboxylic acids is 2. The number of terminal acetylenes is 1. The molecule has 1 aliphatic carbocycles. The molecule has 1 aliphatic heterocycles. The van der Waals surface area contributed by atoms with Gasteiger partial charge in [-0.1, -0.05) is 31.6 Å². The van der Waals surface area contributed by atoms with E-state index in [-0.39, 0.29) is 18.4 Å². The van der Waals surface area contributed by atoms with Crippen LogP contribution >= 0.6 is 0 Å². The van der Waals surface area contributed by atoms with Crippen molar-refractivity contribution in [2.75, 3.05) is 39.3 Å². The molecular formula is C17H27N3O2. The van der Waals surface area contributed by atoms with Crippen molar-refractivity contribution in [2.24, 2.45) is 5.92 Å². The Hall–Kier alpha value is -1.54. The van der Waals surface area contributed by atoms with Gasteiger partial charge in [0.05, 0.1) is 13.1 Å². The molecule has 0 aromatic carbocycles. The summed E-state index contributed by atoms with van der Waals surface area (Å²) in [6, 6.07) is 0. The van der Waals surface area contributed by atoms with Gasteiger partial charge in [-0.2, -0.15) is 0 Å². The van der Waals surface area contributed by atoms with Gasteiger partial charge in [-0.3, -0.25) is 14.5 Å². The van der Waals surface area contributed by atoms with E-state index in [9.17, 15) is 9.59 Å². The van der Waals surface area contributed by atoms with E-state index in [1.165, 1.54) is 25.7 Å². The monoisotopic (exact) mass is 305 g/mol. The molecule has 2 fully saturated rings. The fourth-order valence-corrected chi connectivity index (χ4v) is 3.35. The van der Waals surface area contributed by atoms with Crippen LogP contribution in [0.5, 0.6) is 0 Å². The highest BCUT2D eigenvalue weighted by molar-refractivity contribution is 5.78. The highest BCUT2D eigenvalue weighted by atomic mass is 16.2. The Morgan fingerprint density at radius 2 is 1.82 bits per heavy atom. The lowest BCUT2D eigenvalue weighted by Gasteiger charge is -2.34. The van der Waals surface area contributed by atoms with Crippen molar-refractivity contribution < 1.29 is 9.59 Å². The van der Waals surface area contributed by atoms with Crippen LogP contribution in [0.3, 0.4) is 0 Å². The van der Waals surface area contributed by atoms with Crippen LogP contribution < -0.4 is 5.32 Å². The van der Waals surface area contributed by atoms with Crippen LogP contribution in [0.2, 0.25) is 0 Å². The maximum atomic E-state index is 12.2. The summed E-state index contributed by atoms with van der Waals surface area (Å²) in [5, 5.41) is 2.67. The standard InChI is InChI=1S/C17H27N3O2/c1-2-9-18-16(21)14-19-10-12-20(13-11-19)17(22)8-7-15-5-3-4-6-15/h1,15H,3-14H2,(H,18,21). The van der Waals surface area contributed by atoms with E-state index in [1.807, 2.05) is 4.90 Å². The third-order valence-electron chi connectivity index (χ3n) is 4.72. The van der Waals surface area contributed by atoms with Crippen molar-refractivity contribution in [3.63, 3.8) is 0 Å². The fourth-order valence-electron chi connectivity index (χ4n) is 3.35. The third-order valence-corrected chi connectivity index (χ3v) is 4.72. The van der Waals surface area contributed by atoms with Gasteiger partial charge < -0.3 is 10.2 Å². The topological polar surface area (TPSA) is 52.7 Å². The predicted molar refractivity (Wildman–Crippen MR) is 86.1 cm³/mol. The highest BCUT2D eigenvalue weighted by Crippen LogP contribution is 2.28. The second-order valence-electron chi connectivity index (χ2n) is 6.33. The van der Waals surface area contributed by atoms with Crippen LogP contribution in [-0.2, 0) is 9.59 Å². The number of rotatable bonds is 6. The average Bonchev–Trinajstić information content (AvgIpc) is 3.05. The largest absolute Gasteiger partial charge is 0.344 e. The zero-order valence-electron chi connectivity index (χ0n) is 13.4. The number of hydrogen-bond acceptors (Lipinski definition) is 3. The molecular weight excluding hydrogens is 278 g/mol. The van der Waals surface area contributed by atoms with Crippen molar-refractivity contribution in [3.05, 3.63) is 0 Å². The van der Waals surface area contributed by atoms with Crippen LogP contribution in [0.25, 0.3) is 0 Å². The second-order valence-corrected chi connectivity index (χ2v) is 6.33. The van der Waals surface area contributed by atoms with Crippen molar-refractivity contribution in [1.29, 1.82) is 0 Å². The minimum Gasteiger partial charge on any atom is -0.344 e. The molecule has 0 atom stereocenters. The Labute approximate surface area is 133 Å². The molecule has 0 radical (unpaired) electrons. The van der Waals surface area contributed by atoms with Crippen LogP contribution in [0, 0.1) is 18.3 Å². The lowest BCUT2D eigenvalue weighted by atomic mass is 10.0. The lowest BCUT2D eigenvalue weighted by molar-refractivity contribution is -0.133. The number of piperazine rings is 1. The highest BCUT2D eigenvalue weighted by Gasteiger charge is 2.23. The van der Waals surface area contributed by atoms with Crippen molar-refractivity contribution in [2.45, 2.75) is 38.5 Å². The molecule has 2 rings (SSSR count). The maximum absolute atomic E-state index is 12.2. The molecule has 0 unspecified atom stereocenters. The van der Waals surface area contributed by atoms with Gasteiger partial charge in [-0.05, 0) is 12.3 Å². The Bertz CT molecular complexity index is 416. The summed E-state index contributed by atoms with van der Waals surface area (Å²) < 4.78 is 0. The minimum absolute atomic E-state index is 0.0426. The van der Waals surface area contributed by atoms with Crippen molar-refractivity contribution in [1.82, 2.24) is 15.1 Å². The number of hydrogen-bond donors (Lipinski definition) is 1. The molecule has 0 spiro atoms.